The number of β-amino-alcohol motifs (C(OH)–C–C–N with tert-alkyl or cyclic N) is 1. The number of aliphatic hydroxyl groups is 1. The van der Waals surface area contributed by atoms with Crippen molar-refractivity contribution in [2.24, 2.45) is 0 Å². The molecule has 3 N–H and O–H groups in total. The maximum absolute atomic E-state index is 12.3. The van der Waals surface area contributed by atoms with Gasteiger partial charge in [-0.1, -0.05) is 19.0 Å². The lowest BCUT2D eigenvalue weighted by molar-refractivity contribution is -0.122. The first-order chi connectivity index (χ1) is 12.5. The summed E-state index contributed by atoms with van der Waals surface area (Å²) >= 11 is 0. The summed E-state index contributed by atoms with van der Waals surface area (Å²) in [5.41, 5.74) is 0. The zero-order chi connectivity index (χ0) is 19.1. The molecule has 10 heteroatoms. The summed E-state index contributed by atoms with van der Waals surface area (Å²) in [7, 11) is 0. The Morgan fingerprint density at radius 1 is 1.38 bits per heavy atom. The van der Waals surface area contributed by atoms with Gasteiger partial charge in [0.1, 0.15) is 0 Å². The van der Waals surface area contributed by atoms with Crippen LogP contribution in [0.15, 0.2) is 4.52 Å². The molecule has 0 aliphatic carbocycles. The second kappa shape index (κ2) is 9.48. The summed E-state index contributed by atoms with van der Waals surface area (Å²) in [4.78, 5) is 28.8. The van der Waals surface area contributed by atoms with Crippen LogP contribution in [0.5, 0.6) is 0 Å². The van der Waals surface area contributed by atoms with Crippen molar-refractivity contribution in [1.29, 1.82) is 0 Å². The smallest absolute Gasteiger partial charge is 0.317 e. The van der Waals surface area contributed by atoms with Gasteiger partial charge in [0.05, 0.1) is 18.7 Å². The number of nitrogens with zero attached hydrogens (tertiary/aromatic N) is 4. The maximum atomic E-state index is 12.3. The van der Waals surface area contributed by atoms with Crippen LogP contribution in [0.3, 0.4) is 0 Å². The van der Waals surface area contributed by atoms with E-state index in [0.717, 1.165) is 13.1 Å². The standard InChI is InChI=1S/C15H25N5O3.CH2O2/c1-10(2)14-17-13(23-18-14)7-16-15(22)20-8-11(12(21)9-20)19-5-3-4-6-19;2-1-3/h10-12,21H,3-9H2,1-2H3,(H,16,22);1H,(H,2,3)/t11-,12-;/m0./s1. The number of hydrogen-bond donors (Lipinski definition) is 3. The van der Waals surface area contributed by atoms with Gasteiger partial charge in [-0.15, -0.1) is 0 Å². The second-order valence-electron chi connectivity index (χ2n) is 6.75. The van der Waals surface area contributed by atoms with E-state index >= 15 is 0 Å². The highest BCUT2D eigenvalue weighted by Crippen LogP contribution is 2.21. The highest BCUT2D eigenvalue weighted by atomic mass is 16.5. The van der Waals surface area contributed by atoms with E-state index in [-0.39, 0.29) is 31.0 Å². The molecule has 2 atom stereocenters. The Morgan fingerprint density at radius 2 is 2.04 bits per heavy atom. The van der Waals surface area contributed by atoms with E-state index in [1.807, 2.05) is 13.8 Å². The predicted molar refractivity (Wildman–Crippen MR) is 91.5 cm³/mol. The molecule has 3 heterocycles. The lowest BCUT2D eigenvalue weighted by Crippen LogP contribution is -2.42. The molecule has 146 valence electrons. The molecular formula is C16H27N5O5. The first-order valence-corrected chi connectivity index (χ1v) is 8.81. The molecule has 10 nitrogen and oxygen atoms in total. The monoisotopic (exact) mass is 369 g/mol. The minimum absolute atomic E-state index is 0.0548. The largest absolute Gasteiger partial charge is 0.483 e. The SMILES string of the molecule is CC(C)c1noc(CNC(=O)N2C[C@H](O)[C@@H](N3CCCC3)C2)n1.O=CO. The third kappa shape index (κ3) is 5.15. The number of hydrogen-bond acceptors (Lipinski definition) is 7. The van der Waals surface area contributed by atoms with E-state index < -0.39 is 6.10 Å². The van der Waals surface area contributed by atoms with Gasteiger partial charge in [0.25, 0.3) is 6.47 Å². The topological polar surface area (TPSA) is 132 Å². The van der Waals surface area contributed by atoms with Gasteiger partial charge in [0, 0.05) is 19.0 Å². The number of likely N-dealkylation sites (tertiary alicyclic amines) is 2. The Morgan fingerprint density at radius 3 is 2.62 bits per heavy atom. The van der Waals surface area contributed by atoms with Crippen LogP contribution < -0.4 is 5.32 Å². The number of carboxylic acid groups (broad SMARTS) is 1. The van der Waals surface area contributed by atoms with E-state index in [1.54, 1.807) is 4.90 Å². The van der Waals surface area contributed by atoms with Crippen molar-refractivity contribution in [3.8, 4) is 0 Å². The van der Waals surface area contributed by atoms with Crippen LogP contribution in [0.1, 0.15) is 44.3 Å². The number of carbonyl (C=O) groups excluding carboxylic acids is 1. The lowest BCUT2D eigenvalue weighted by atomic mass is 10.2. The average molecular weight is 369 g/mol. The van der Waals surface area contributed by atoms with E-state index in [1.165, 1.54) is 12.8 Å². The quantitative estimate of drug-likeness (QED) is 0.643. The number of aliphatic hydroxyl groups excluding tert-OH is 1. The van der Waals surface area contributed by atoms with Gasteiger partial charge >= 0.3 is 6.03 Å². The van der Waals surface area contributed by atoms with E-state index in [9.17, 15) is 9.90 Å². The number of amides is 2. The molecule has 0 saturated carbocycles. The molecule has 1 aromatic heterocycles. The molecule has 2 aliphatic rings. The minimum Gasteiger partial charge on any atom is -0.483 e. The molecule has 2 amide bonds. The third-order valence-electron chi connectivity index (χ3n) is 4.55. The Balaban J connectivity index is 0.000000758. The Labute approximate surface area is 152 Å². The number of urea groups is 1. The van der Waals surface area contributed by atoms with Crippen LogP contribution in [-0.2, 0) is 11.3 Å². The normalized spacial score (nSPS) is 23.0. The second-order valence-corrected chi connectivity index (χ2v) is 6.75. The summed E-state index contributed by atoms with van der Waals surface area (Å²) < 4.78 is 5.11. The molecule has 2 fully saturated rings. The summed E-state index contributed by atoms with van der Waals surface area (Å²) in [6.07, 6.45) is 1.87. The van der Waals surface area contributed by atoms with Crippen LogP contribution in [0.25, 0.3) is 0 Å². The molecule has 0 spiro atoms. The number of rotatable bonds is 4. The summed E-state index contributed by atoms with van der Waals surface area (Å²) in [6, 6.07) is -0.144. The third-order valence-corrected chi connectivity index (χ3v) is 4.55. The van der Waals surface area contributed by atoms with Crippen LogP contribution >= 0.6 is 0 Å². The van der Waals surface area contributed by atoms with Crippen molar-refractivity contribution in [1.82, 2.24) is 25.3 Å². The molecule has 2 aliphatic heterocycles. The van der Waals surface area contributed by atoms with Crippen molar-refractivity contribution in [3.05, 3.63) is 11.7 Å². The highest BCUT2D eigenvalue weighted by Gasteiger charge is 2.38. The molecule has 0 aromatic carbocycles. The predicted octanol–water partition coefficient (Wildman–Crippen LogP) is 0.244. The molecule has 0 unspecified atom stereocenters. The van der Waals surface area contributed by atoms with Gasteiger partial charge in [0.2, 0.25) is 5.89 Å². The molecule has 0 bridgehead atoms. The summed E-state index contributed by atoms with van der Waals surface area (Å²) in [6.45, 7) is 6.88. The van der Waals surface area contributed by atoms with Crippen molar-refractivity contribution < 1.29 is 24.3 Å². The van der Waals surface area contributed by atoms with Gasteiger partial charge in [-0.25, -0.2) is 4.79 Å². The summed E-state index contributed by atoms with van der Waals surface area (Å²) in [5, 5.41) is 23.8. The van der Waals surface area contributed by atoms with Crippen LogP contribution in [0, 0.1) is 0 Å². The zero-order valence-electron chi connectivity index (χ0n) is 15.2. The van der Waals surface area contributed by atoms with Crippen LogP contribution in [0.4, 0.5) is 4.79 Å². The van der Waals surface area contributed by atoms with Gasteiger partial charge < -0.3 is 25.0 Å². The highest BCUT2D eigenvalue weighted by molar-refractivity contribution is 5.74. The molecule has 26 heavy (non-hydrogen) atoms. The van der Waals surface area contributed by atoms with Crippen LogP contribution in [0.2, 0.25) is 0 Å². The number of carbonyl (C=O) groups is 2. The molecule has 2 saturated heterocycles. The van der Waals surface area contributed by atoms with Gasteiger partial charge in [-0.2, -0.15) is 4.98 Å². The molecule has 3 rings (SSSR count). The van der Waals surface area contributed by atoms with Crippen molar-refractivity contribution in [2.45, 2.75) is 51.3 Å². The Hall–Kier alpha value is -2.20. The molecular weight excluding hydrogens is 342 g/mol. The van der Waals surface area contributed by atoms with Crippen molar-refractivity contribution in [2.75, 3.05) is 26.2 Å². The van der Waals surface area contributed by atoms with Crippen molar-refractivity contribution in [3.63, 3.8) is 0 Å². The minimum atomic E-state index is -0.477. The first kappa shape index (κ1) is 20.1. The lowest BCUT2D eigenvalue weighted by Gasteiger charge is -2.25. The van der Waals surface area contributed by atoms with Gasteiger partial charge in [-0.3, -0.25) is 9.69 Å². The average Bonchev–Trinajstić information content (AvgIpc) is 3.33. The van der Waals surface area contributed by atoms with E-state index in [2.05, 4.69) is 20.4 Å². The fraction of sp³-hybridized carbons (Fsp3) is 0.750. The molecule has 0 radical (unpaired) electrons. The zero-order valence-corrected chi connectivity index (χ0v) is 15.2. The van der Waals surface area contributed by atoms with Gasteiger partial charge in [0.15, 0.2) is 5.82 Å². The van der Waals surface area contributed by atoms with Gasteiger partial charge in [-0.05, 0) is 25.9 Å². The van der Waals surface area contributed by atoms with Crippen molar-refractivity contribution >= 4 is 12.5 Å². The maximum Gasteiger partial charge on any atom is 0.317 e. The first-order valence-electron chi connectivity index (χ1n) is 8.81. The van der Waals surface area contributed by atoms with E-state index in [4.69, 9.17) is 14.4 Å². The van der Waals surface area contributed by atoms with Crippen LogP contribution in [-0.4, -0.2) is 81.0 Å². The Bertz CT molecular complexity index is 587. The molecule has 1 aromatic rings. The Kier molecular flexibility index (Phi) is 7.34. The number of aromatic nitrogens is 2. The fourth-order valence-corrected chi connectivity index (χ4v) is 3.20. The summed E-state index contributed by atoms with van der Waals surface area (Å²) in [5.74, 6) is 1.23. The number of nitrogens with one attached hydrogen (secondary N) is 1. The van der Waals surface area contributed by atoms with E-state index in [0.29, 0.717) is 24.8 Å². The fourth-order valence-electron chi connectivity index (χ4n) is 3.20.